The molecule has 0 aliphatic rings. The van der Waals surface area contributed by atoms with Gasteiger partial charge in [-0.3, -0.25) is 4.98 Å². The Hall–Kier alpha value is -5.59. The number of hydrogen-bond acceptors (Lipinski definition) is 9. The maximum absolute atomic E-state index is 15.4. The van der Waals surface area contributed by atoms with Crippen LogP contribution < -0.4 is 15.2 Å². The molecule has 0 aliphatic heterocycles. The van der Waals surface area contributed by atoms with Gasteiger partial charge in [0.25, 0.3) is 0 Å². The van der Waals surface area contributed by atoms with Crippen LogP contribution in [0.1, 0.15) is 27.6 Å². The molecule has 0 spiro atoms. The highest BCUT2D eigenvalue weighted by atomic mass is 19.1. The molecule has 2 heterocycles. The van der Waals surface area contributed by atoms with Crippen molar-refractivity contribution in [2.45, 2.75) is 6.92 Å². The predicted octanol–water partition coefficient (Wildman–Crippen LogP) is 3.94. The summed E-state index contributed by atoms with van der Waals surface area (Å²) in [4.78, 5) is 36.0. The summed E-state index contributed by atoms with van der Waals surface area (Å²) < 4.78 is 31.9. The molecule has 0 bridgehead atoms. The summed E-state index contributed by atoms with van der Waals surface area (Å²) in [5, 5.41) is 17.8. The van der Waals surface area contributed by atoms with Gasteiger partial charge in [-0.1, -0.05) is 17.3 Å². The summed E-state index contributed by atoms with van der Waals surface area (Å²) in [5.74, 6) is -0.925. The molecule has 2 aromatic heterocycles. The first kappa shape index (κ1) is 26.0. The lowest BCUT2D eigenvalue weighted by molar-refractivity contribution is 0.0696. The molecule has 0 saturated heterocycles. The Morgan fingerprint density at radius 2 is 1.75 bits per heavy atom. The summed E-state index contributed by atoms with van der Waals surface area (Å²) in [7, 11) is 2.77. The minimum Gasteiger partial charge on any atom is -0.493 e. The number of hydrogen-bond donors (Lipinski definition) is 2. The quantitative estimate of drug-likeness (QED) is 0.276. The Labute approximate surface area is 225 Å². The number of nitrogens with zero attached hydrogens (tertiary/aromatic N) is 5. The van der Waals surface area contributed by atoms with Crippen LogP contribution in [0.3, 0.4) is 0 Å². The lowest BCUT2D eigenvalue weighted by Gasteiger charge is -2.12. The molecule has 0 fully saturated rings. The zero-order chi connectivity index (χ0) is 28.4. The first-order chi connectivity index (χ1) is 19.3. The van der Waals surface area contributed by atoms with E-state index in [1.165, 1.54) is 38.5 Å². The highest BCUT2D eigenvalue weighted by Gasteiger charge is 2.23. The smallest absolute Gasteiger partial charge is 0.348 e. The van der Waals surface area contributed by atoms with Crippen molar-refractivity contribution in [2.75, 3.05) is 14.2 Å². The topological polar surface area (TPSA) is 158 Å². The van der Waals surface area contributed by atoms with Crippen LogP contribution in [0.15, 0.2) is 75.0 Å². The number of carboxylic acid groups (broad SMARTS) is 1. The van der Waals surface area contributed by atoms with E-state index in [4.69, 9.17) is 14.0 Å². The summed E-state index contributed by atoms with van der Waals surface area (Å²) in [6.07, 6.45) is 0. The Kier molecular flexibility index (Phi) is 6.93. The maximum Gasteiger partial charge on any atom is 0.348 e. The van der Waals surface area contributed by atoms with E-state index in [1.807, 2.05) is 0 Å². The lowest BCUT2D eigenvalue weighted by atomic mass is 10.1. The van der Waals surface area contributed by atoms with Crippen LogP contribution in [0.5, 0.6) is 11.5 Å². The fourth-order valence-corrected chi connectivity index (χ4v) is 3.94. The van der Waals surface area contributed by atoms with E-state index in [2.05, 4.69) is 25.2 Å². The number of ether oxygens (including phenoxy) is 2. The predicted molar refractivity (Wildman–Crippen MR) is 140 cm³/mol. The second kappa shape index (κ2) is 10.6. The number of aromatic carboxylic acids is 1. The average Bonchev–Trinajstić information content (AvgIpc) is 3.57. The number of aryl methyl sites for hydroxylation is 1. The van der Waals surface area contributed by atoms with Gasteiger partial charge in [0, 0.05) is 24.1 Å². The van der Waals surface area contributed by atoms with E-state index in [9.17, 15) is 14.7 Å². The summed E-state index contributed by atoms with van der Waals surface area (Å²) in [6, 6.07) is 15.1. The van der Waals surface area contributed by atoms with Gasteiger partial charge < -0.3 is 19.1 Å². The molecule has 0 radical (unpaired) electrons. The van der Waals surface area contributed by atoms with Crippen LogP contribution in [0.4, 0.5) is 10.1 Å². The molecule has 40 heavy (non-hydrogen) atoms. The standard InChI is InChI=1S/C27H21FN6O6/c1-14-29-24(33-40-14)15-8-10-16(11-9-15)30-23(18-12-21(38-2)22(39-3)13-19(18)28)25-31-27(37)34(32-25)20-7-5-4-6-17(20)26(35)36/h4-13H,1-3H3,(H,35,36)(H,31,32,37)/b30-23-. The summed E-state index contributed by atoms with van der Waals surface area (Å²) in [6.45, 7) is 1.67. The highest BCUT2D eigenvalue weighted by Crippen LogP contribution is 2.32. The van der Waals surface area contributed by atoms with Crippen molar-refractivity contribution in [2.24, 2.45) is 4.99 Å². The number of aliphatic imine (C=N–C) groups is 1. The minimum absolute atomic E-state index is 0.0226. The monoisotopic (exact) mass is 544 g/mol. The molecule has 0 aliphatic carbocycles. The SMILES string of the molecule is COc1cc(F)c(/C(=N/c2ccc(-c3noc(C)n3)cc2)c2nn(-c3ccccc3C(=O)O)c(=O)[nH]2)cc1OC. The van der Waals surface area contributed by atoms with E-state index >= 15 is 4.39 Å². The third-order valence-electron chi connectivity index (χ3n) is 5.83. The molecule has 3 aromatic carbocycles. The fraction of sp³-hybridized carbons (Fsp3) is 0.111. The van der Waals surface area contributed by atoms with Gasteiger partial charge in [-0.05, 0) is 42.5 Å². The Morgan fingerprint density at radius 3 is 2.40 bits per heavy atom. The Bertz CT molecular complexity index is 1810. The molecule has 0 saturated carbocycles. The van der Waals surface area contributed by atoms with E-state index in [0.717, 1.165) is 10.7 Å². The summed E-state index contributed by atoms with van der Waals surface area (Å²) >= 11 is 0. The first-order valence-corrected chi connectivity index (χ1v) is 11.7. The average molecular weight is 544 g/mol. The molecule has 0 amide bonds. The van der Waals surface area contributed by atoms with Gasteiger partial charge in [0.1, 0.15) is 11.5 Å². The number of H-pyrrole nitrogens is 1. The van der Waals surface area contributed by atoms with Crippen LogP contribution in [0, 0.1) is 12.7 Å². The van der Waals surface area contributed by atoms with Crippen LogP contribution in [0.25, 0.3) is 17.1 Å². The van der Waals surface area contributed by atoms with E-state index < -0.39 is 17.5 Å². The second-order valence-corrected chi connectivity index (χ2v) is 8.34. The zero-order valence-electron chi connectivity index (χ0n) is 21.4. The number of nitrogens with one attached hydrogen (secondary N) is 1. The van der Waals surface area contributed by atoms with E-state index in [-0.39, 0.29) is 39.8 Å². The van der Waals surface area contributed by atoms with Crippen molar-refractivity contribution in [3.63, 3.8) is 0 Å². The fourth-order valence-electron chi connectivity index (χ4n) is 3.94. The number of aromatic amines is 1. The zero-order valence-corrected chi connectivity index (χ0v) is 21.4. The normalized spacial score (nSPS) is 11.4. The number of benzene rings is 3. The van der Waals surface area contributed by atoms with Crippen LogP contribution in [-0.2, 0) is 0 Å². The third-order valence-corrected chi connectivity index (χ3v) is 5.83. The third kappa shape index (κ3) is 4.95. The number of para-hydroxylation sites is 1. The number of methoxy groups -OCH3 is 2. The molecule has 5 rings (SSSR count). The van der Waals surface area contributed by atoms with Gasteiger partial charge in [0.2, 0.25) is 11.7 Å². The van der Waals surface area contributed by atoms with Gasteiger partial charge in [0.15, 0.2) is 17.3 Å². The highest BCUT2D eigenvalue weighted by molar-refractivity contribution is 6.12. The van der Waals surface area contributed by atoms with Gasteiger partial charge in [-0.2, -0.15) is 9.67 Å². The lowest BCUT2D eigenvalue weighted by Crippen LogP contribution is -2.18. The number of rotatable bonds is 8. The van der Waals surface area contributed by atoms with Gasteiger partial charge in [0.05, 0.1) is 31.2 Å². The van der Waals surface area contributed by atoms with E-state index in [1.54, 1.807) is 37.3 Å². The number of aromatic nitrogens is 5. The first-order valence-electron chi connectivity index (χ1n) is 11.7. The van der Waals surface area contributed by atoms with Crippen molar-refractivity contribution in [1.82, 2.24) is 24.9 Å². The maximum atomic E-state index is 15.4. The molecule has 12 nitrogen and oxygen atoms in total. The molecule has 2 N–H and O–H groups in total. The molecule has 0 atom stereocenters. The van der Waals surface area contributed by atoms with Crippen molar-refractivity contribution in [3.8, 4) is 28.6 Å². The number of halogens is 1. The molecular weight excluding hydrogens is 523 g/mol. The number of carbonyl (C=O) groups is 1. The van der Waals surface area contributed by atoms with E-state index in [0.29, 0.717) is 23.0 Å². The van der Waals surface area contributed by atoms with Gasteiger partial charge in [-0.15, -0.1) is 5.10 Å². The Balaban J connectivity index is 1.68. The summed E-state index contributed by atoms with van der Waals surface area (Å²) in [5.41, 5.74) is 0.0699. The van der Waals surface area contributed by atoms with Crippen LogP contribution in [-0.4, -0.2) is 55.9 Å². The van der Waals surface area contributed by atoms with Crippen molar-refractivity contribution in [3.05, 3.63) is 99.8 Å². The number of carboxylic acids is 1. The van der Waals surface area contributed by atoms with Crippen LogP contribution >= 0.6 is 0 Å². The largest absolute Gasteiger partial charge is 0.493 e. The van der Waals surface area contributed by atoms with Crippen molar-refractivity contribution < 1.29 is 28.3 Å². The van der Waals surface area contributed by atoms with Crippen molar-refractivity contribution >= 4 is 17.4 Å². The molecule has 5 aromatic rings. The Morgan fingerprint density at radius 1 is 1.05 bits per heavy atom. The van der Waals surface area contributed by atoms with Crippen LogP contribution in [0.2, 0.25) is 0 Å². The van der Waals surface area contributed by atoms with Gasteiger partial charge >= 0.3 is 11.7 Å². The molecular formula is C27H21FN6O6. The van der Waals surface area contributed by atoms with Crippen molar-refractivity contribution in [1.29, 1.82) is 0 Å². The second-order valence-electron chi connectivity index (χ2n) is 8.34. The van der Waals surface area contributed by atoms with Gasteiger partial charge in [-0.25, -0.2) is 19.0 Å². The molecule has 202 valence electrons. The molecule has 0 unspecified atom stereocenters. The minimum atomic E-state index is -1.25. The molecule has 13 heteroatoms.